The summed E-state index contributed by atoms with van der Waals surface area (Å²) in [6.07, 6.45) is 3.24. The number of fused-ring (bicyclic) bond motifs is 1. The van der Waals surface area contributed by atoms with Crippen LogP contribution in [0.4, 0.5) is 0 Å². The molecule has 0 spiro atoms. The lowest BCUT2D eigenvalue weighted by atomic mass is 9.97. The molecule has 1 aromatic carbocycles. The zero-order valence-corrected chi connectivity index (χ0v) is 18.7. The third-order valence-electron chi connectivity index (χ3n) is 5.43. The Morgan fingerprint density at radius 1 is 1.21 bits per heavy atom. The van der Waals surface area contributed by atoms with E-state index < -0.39 is 0 Å². The first-order chi connectivity index (χ1) is 13.2. The van der Waals surface area contributed by atoms with Gasteiger partial charge in [-0.25, -0.2) is 4.98 Å². The standard InChI is InChI=1S/C21H28ClN3O2S/c1-12(2)24-20(27)17-10-9-16(22)11-18(17)23-21(24)28-15(5)19(26)25-13(3)7-6-8-14(25)4/h9-15H,6-8H2,1-5H3/t13-,14-,15-/m1/s1. The molecule has 0 radical (unpaired) electrons. The largest absolute Gasteiger partial charge is 0.336 e. The van der Waals surface area contributed by atoms with Crippen LogP contribution in [0.1, 0.15) is 59.9 Å². The third kappa shape index (κ3) is 4.08. The number of carbonyl (C=O) groups excluding carboxylic acids is 1. The Bertz CT molecular complexity index is 933. The van der Waals surface area contributed by atoms with Gasteiger partial charge in [-0.2, -0.15) is 0 Å². The molecule has 0 aliphatic carbocycles. The molecule has 1 fully saturated rings. The van der Waals surface area contributed by atoms with Gasteiger partial charge in [0.1, 0.15) is 0 Å². The third-order valence-corrected chi connectivity index (χ3v) is 6.71. The van der Waals surface area contributed by atoms with Gasteiger partial charge in [0.2, 0.25) is 5.91 Å². The zero-order valence-electron chi connectivity index (χ0n) is 17.1. The maximum Gasteiger partial charge on any atom is 0.262 e. The van der Waals surface area contributed by atoms with Crippen molar-refractivity contribution in [3.8, 4) is 0 Å². The maximum atomic E-state index is 13.2. The Kier molecular flexibility index (Phi) is 6.40. The van der Waals surface area contributed by atoms with Crippen LogP contribution in [-0.4, -0.2) is 37.7 Å². The van der Waals surface area contributed by atoms with Gasteiger partial charge in [-0.15, -0.1) is 0 Å². The second-order valence-electron chi connectivity index (χ2n) is 7.96. The smallest absolute Gasteiger partial charge is 0.262 e. The second-order valence-corrected chi connectivity index (χ2v) is 9.70. The van der Waals surface area contributed by atoms with Crippen LogP contribution in [0.3, 0.4) is 0 Å². The molecule has 152 valence electrons. The van der Waals surface area contributed by atoms with Crippen LogP contribution in [0.25, 0.3) is 10.9 Å². The number of carbonyl (C=O) groups is 1. The first kappa shape index (κ1) is 21.2. The molecule has 5 nitrogen and oxygen atoms in total. The molecule has 1 aromatic heterocycles. The van der Waals surface area contributed by atoms with Crippen LogP contribution in [0.15, 0.2) is 28.2 Å². The van der Waals surface area contributed by atoms with Crippen molar-refractivity contribution in [3.63, 3.8) is 0 Å². The molecule has 2 heterocycles. The van der Waals surface area contributed by atoms with Gasteiger partial charge in [-0.05, 0) is 72.1 Å². The van der Waals surface area contributed by atoms with Crippen LogP contribution in [0.2, 0.25) is 5.02 Å². The number of nitrogens with zero attached hydrogens (tertiary/aromatic N) is 3. The summed E-state index contributed by atoms with van der Waals surface area (Å²) >= 11 is 7.46. The van der Waals surface area contributed by atoms with Gasteiger partial charge in [-0.1, -0.05) is 23.4 Å². The average molecular weight is 422 g/mol. The molecule has 3 atom stereocenters. The van der Waals surface area contributed by atoms with E-state index in [-0.39, 0.29) is 34.8 Å². The summed E-state index contributed by atoms with van der Waals surface area (Å²) in [7, 11) is 0. The molecule has 1 saturated heterocycles. The van der Waals surface area contributed by atoms with E-state index in [1.54, 1.807) is 22.8 Å². The fourth-order valence-corrected chi connectivity index (χ4v) is 5.23. The van der Waals surface area contributed by atoms with Gasteiger partial charge in [0.05, 0.1) is 16.2 Å². The number of hydrogen-bond acceptors (Lipinski definition) is 4. The Hall–Kier alpha value is -1.53. The molecule has 0 saturated carbocycles. The predicted octanol–water partition coefficient (Wildman–Crippen LogP) is 4.90. The summed E-state index contributed by atoms with van der Waals surface area (Å²) in [6.45, 7) is 10.0. The number of piperidine rings is 1. The van der Waals surface area contributed by atoms with E-state index in [4.69, 9.17) is 16.6 Å². The van der Waals surface area contributed by atoms with Crippen molar-refractivity contribution >= 4 is 40.2 Å². The fraction of sp³-hybridized carbons (Fsp3) is 0.571. The summed E-state index contributed by atoms with van der Waals surface area (Å²) in [5.74, 6) is 0.112. The number of rotatable bonds is 4. The second kappa shape index (κ2) is 8.46. The summed E-state index contributed by atoms with van der Waals surface area (Å²) in [5.41, 5.74) is 0.467. The van der Waals surface area contributed by atoms with E-state index in [2.05, 4.69) is 13.8 Å². The SMILES string of the molecule is CC(C)n1c(S[C@H](C)C(=O)N2[C@H](C)CCC[C@H]2C)nc2cc(Cl)ccc2c1=O. The van der Waals surface area contributed by atoms with E-state index in [0.717, 1.165) is 19.3 Å². The van der Waals surface area contributed by atoms with E-state index >= 15 is 0 Å². The van der Waals surface area contributed by atoms with Crippen molar-refractivity contribution in [2.24, 2.45) is 0 Å². The minimum absolute atomic E-state index is 0.0577. The zero-order chi connectivity index (χ0) is 20.6. The molecule has 1 amide bonds. The van der Waals surface area contributed by atoms with Gasteiger partial charge in [-0.3, -0.25) is 14.2 Å². The van der Waals surface area contributed by atoms with Crippen molar-refractivity contribution < 1.29 is 4.79 Å². The van der Waals surface area contributed by atoms with Crippen molar-refractivity contribution in [1.29, 1.82) is 0 Å². The van der Waals surface area contributed by atoms with Crippen LogP contribution < -0.4 is 5.56 Å². The minimum Gasteiger partial charge on any atom is -0.336 e. The topological polar surface area (TPSA) is 55.2 Å². The molecule has 0 N–H and O–H groups in total. The molecule has 3 rings (SSSR count). The van der Waals surface area contributed by atoms with Crippen molar-refractivity contribution in [1.82, 2.24) is 14.5 Å². The van der Waals surface area contributed by atoms with Gasteiger partial charge >= 0.3 is 0 Å². The van der Waals surface area contributed by atoms with Crippen LogP contribution in [0.5, 0.6) is 0 Å². The Morgan fingerprint density at radius 2 is 1.86 bits per heavy atom. The van der Waals surface area contributed by atoms with Gasteiger partial charge in [0.25, 0.3) is 5.56 Å². The summed E-state index contributed by atoms with van der Waals surface area (Å²) in [5, 5.41) is 1.32. The highest BCUT2D eigenvalue weighted by atomic mass is 35.5. The number of amides is 1. The van der Waals surface area contributed by atoms with Crippen LogP contribution >= 0.6 is 23.4 Å². The molecule has 28 heavy (non-hydrogen) atoms. The molecule has 7 heteroatoms. The minimum atomic E-state index is -0.323. The summed E-state index contributed by atoms with van der Waals surface area (Å²) in [4.78, 5) is 32.9. The maximum absolute atomic E-state index is 13.2. The number of hydrogen-bond donors (Lipinski definition) is 0. The van der Waals surface area contributed by atoms with Crippen molar-refractivity contribution in [2.75, 3.05) is 0 Å². The number of aromatic nitrogens is 2. The number of likely N-dealkylation sites (tertiary alicyclic amines) is 1. The highest BCUT2D eigenvalue weighted by molar-refractivity contribution is 8.00. The van der Waals surface area contributed by atoms with E-state index in [0.29, 0.717) is 21.1 Å². The summed E-state index contributed by atoms with van der Waals surface area (Å²) in [6, 6.07) is 5.55. The lowest BCUT2D eigenvalue weighted by Gasteiger charge is -2.40. The Labute approximate surface area is 175 Å². The van der Waals surface area contributed by atoms with E-state index in [9.17, 15) is 9.59 Å². The first-order valence-electron chi connectivity index (χ1n) is 9.91. The number of benzene rings is 1. The lowest BCUT2D eigenvalue weighted by molar-refractivity contribution is -0.136. The normalized spacial score (nSPS) is 21.3. The fourth-order valence-electron chi connectivity index (χ4n) is 3.96. The Morgan fingerprint density at radius 3 is 2.46 bits per heavy atom. The Balaban J connectivity index is 1.97. The summed E-state index contributed by atoms with van der Waals surface area (Å²) < 4.78 is 1.67. The lowest BCUT2D eigenvalue weighted by Crippen LogP contribution is -2.50. The molecule has 0 bridgehead atoms. The first-order valence-corrected chi connectivity index (χ1v) is 11.2. The van der Waals surface area contributed by atoms with Gasteiger partial charge < -0.3 is 4.90 Å². The van der Waals surface area contributed by atoms with Gasteiger partial charge in [0, 0.05) is 23.1 Å². The average Bonchev–Trinajstić information content (AvgIpc) is 2.60. The highest BCUT2D eigenvalue weighted by Crippen LogP contribution is 2.30. The van der Waals surface area contributed by atoms with E-state index in [1.165, 1.54) is 11.8 Å². The number of thioether (sulfide) groups is 1. The van der Waals surface area contributed by atoms with Crippen LogP contribution in [-0.2, 0) is 4.79 Å². The monoisotopic (exact) mass is 421 g/mol. The quantitative estimate of drug-likeness (QED) is 0.520. The van der Waals surface area contributed by atoms with Crippen molar-refractivity contribution in [3.05, 3.63) is 33.6 Å². The number of halogens is 1. The molecular formula is C21H28ClN3O2S. The molecule has 2 aromatic rings. The highest BCUT2D eigenvalue weighted by Gasteiger charge is 2.32. The molecular weight excluding hydrogens is 394 g/mol. The van der Waals surface area contributed by atoms with E-state index in [1.807, 2.05) is 25.7 Å². The van der Waals surface area contributed by atoms with Crippen LogP contribution in [0, 0.1) is 0 Å². The van der Waals surface area contributed by atoms with Gasteiger partial charge in [0.15, 0.2) is 5.16 Å². The molecule has 0 unspecified atom stereocenters. The molecule has 1 aliphatic rings. The predicted molar refractivity (Wildman–Crippen MR) is 116 cm³/mol. The van der Waals surface area contributed by atoms with Crippen molar-refractivity contribution in [2.45, 2.75) is 82.4 Å². The molecule has 1 aliphatic heterocycles.